The van der Waals surface area contributed by atoms with Gasteiger partial charge in [0.2, 0.25) is 10.9 Å². The van der Waals surface area contributed by atoms with Crippen LogP contribution in [-0.2, 0) is 17.4 Å². The highest BCUT2D eigenvalue weighted by atomic mass is 32.1. The fraction of sp³-hybridized carbons (Fsp3) is 0.375. The largest absolute Gasteiger partial charge is 0.418 e. The number of hydrogen-bond acceptors (Lipinski definition) is 5. The highest BCUT2D eigenvalue weighted by Gasteiger charge is 2.33. The second kappa shape index (κ2) is 7.02. The Kier molecular flexibility index (Phi) is 4.94. The predicted molar refractivity (Wildman–Crippen MR) is 91.1 cm³/mol. The first-order chi connectivity index (χ1) is 12.3. The van der Waals surface area contributed by atoms with Crippen LogP contribution >= 0.6 is 11.3 Å². The maximum absolute atomic E-state index is 13.0. The van der Waals surface area contributed by atoms with Gasteiger partial charge in [0.05, 0.1) is 11.3 Å². The Morgan fingerprint density at radius 2 is 2.00 bits per heavy atom. The normalized spacial score (nSPS) is 12.1. The summed E-state index contributed by atoms with van der Waals surface area (Å²) in [4.78, 5) is 12.7. The summed E-state index contributed by atoms with van der Waals surface area (Å²) in [6.07, 6.45) is -4.19. The average Bonchev–Trinajstić information content (AvgIpc) is 3.12. The van der Waals surface area contributed by atoms with Crippen molar-refractivity contribution in [3.63, 3.8) is 0 Å². The number of fused-ring (bicyclic) bond motifs is 1. The van der Waals surface area contributed by atoms with E-state index >= 15 is 0 Å². The van der Waals surface area contributed by atoms with E-state index in [9.17, 15) is 18.0 Å². The number of alkyl halides is 3. The number of aromatic nitrogens is 4. The topological polar surface area (TPSA) is 72.2 Å². The summed E-state index contributed by atoms with van der Waals surface area (Å²) in [5.74, 6) is 0.380. The molecule has 1 aromatic carbocycles. The minimum atomic E-state index is -4.52. The Balaban J connectivity index is 1.67. The molecular weight excluding hydrogens is 367 g/mol. The first-order valence-electron chi connectivity index (χ1n) is 7.93. The lowest BCUT2D eigenvalue weighted by atomic mass is 10.1. The third-order valence-corrected chi connectivity index (χ3v) is 4.60. The number of nitrogens with one attached hydrogen (secondary N) is 1. The number of anilines is 1. The molecule has 3 rings (SSSR count). The van der Waals surface area contributed by atoms with Gasteiger partial charge in [-0.05, 0) is 12.1 Å². The van der Waals surface area contributed by atoms with Crippen LogP contribution in [0.1, 0.15) is 42.6 Å². The molecule has 1 amide bonds. The molecule has 0 atom stereocenters. The molecule has 0 fully saturated rings. The number of carbonyl (C=O) groups excluding carboxylic acids is 1. The fourth-order valence-corrected chi connectivity index (χ4v) is 3.25. The van der Waals surface area contributed by atoms with E-state index in [2.05, 4.69) is 20.6 Å². The van der Waals surface area contributed by atoms with Gasteiger partial charge in [-0.1, -0.05) is 37.3 Å². The number of amides is 1. The van der Waals surface area contributed by atoms with Gasteiger partial charge in [0.25, 0.3) is 0 Å². The monoisotopic (exact) mass is 383 g/mol. The minimum Gasteiger partial charge on any atom is -0.325 e. The number of halogens is 3. The number of hydrogen-bond donors (Lipinski definition) is 1. The summed E-state index contributed by atoms with van der Waals surface area (Å²) >= 11 is 1.31. The van der Waals surface area contributed by atoms with E-state index in [1.165, 1.54) is 29.5 Å². The SMILES string of the molecule is CC(C)c1nnc2sc(CCC(=O)Nc3ccccc3C(F)(F)F)nn12. The van der Waals surface area contributed by atoms with Crippen molar-refractivity contribution in [2.24, 2.45) is 0 Å². The second-order valence-electron chi connectivity index (χ2n) is 5.99. The number of para-hydroxylation sites is 1. The van der Waals surface area contributed by atoms with E-state index in [1.54, 1.807) is 4.52 Å². The van der Waals surface area contributed by atoms with Crippen LogP contribution in [0, 0.1) is 0 Å². The van der Waals surface area contributed by atoms with E-state index in [0.29, 0.717) is 16.4 Å². The first kappa shape index (κ1) is 18.3. The molecule has 138 valence electrons. The predicted octanol–water partition coefficient (Wildman–Crippen LogP) is 3.90. The van der Waals surface area contributed by atoms with Gasteiger partial charge in [-0.2, -0.15) is 22.8 Å². The van der Waals surface area contributed by atoms with Crippen LogP contribution in [0.15, 0.2) is 24.3 Å². The van der Waals surface area contributed by atoms with Crippen LogP contribution in [0.2, 0.25) is 0 Å². The van der Waals surface area contributed by atoms with E-state index in [1.807, 2.05) is 13.8 Å². The molecule has 0 aliphatic heterocycles. The summed E-state index contributed by atoms with van der Waals surface area (Å²) in [6, 6.07) is 4.90. The lowest BCUT2D eigenvalue weighted by molar-refractivity contribution is -0.137. The zero-order chi connectivity index (χ0) is 18.9. The summed E-state index contributed by atoms with van der Waals surface area (Å²) in [6.45, 7) is 3.95. The maximum atomic E-state index is 13.0. The highest BCUT2D eigenvalue weighted by molar-refractivity contribution is 7.16. The van der Waals surface area contributed by atoms with Crippen molar-refractivity contribution in [1.29, 1.82) is 0 Å². The number of benzene rings is 1. The Labute approximate surface area is 151 Å². The van der Waals surface area contributed by atoms with E-state index < -0.39 is 17.6 Å². The Bertz CT molecular complexity index is 932. The maximum Gasteiger partial charge on any atom is 0.418 e. The van der Waals surface area contributed by atoms with Crippen molar-refractivity contribution in [3.05, 3.63) is 40.7 Å². The third-order valence-electron chi connectivity index (χ3n) is 3.65. The molecule has 26 heavy (non-hydrogen) atoms. The lowest BCUT2D eigenvalue weighted by Gasteiger charge is -2.13. The van der Waals surface area contributed by atoms with Crippen molar-refractivity contribution in [3.8, 4) is 0 Å². The lowest BCUT2D eigenvalue weighted by Crippen LogP contribution is -2.16. The van der Waals surface area contributed by atoms with Crippen molar-refractivity contribution in [2.75, 3.05) is 5.32 Å². The number of carbonyl (C=O) groups is 1. The van der Waals surface area contributed by atoms with Crippen LogP contribution < -0.4 is 5.32 Å². The third kappa shape index (κ3) is 3.85. The van der Waals surface area contributed by atoms with Gasteiger partial charge in [0.15, 0.2) is 5.82 Å². The summed E-state index contributed by atoms with van der Waals surface area (Å²) < 4.78 is 40.5. The van der Waals surface area contributed by atoms with Gasteiger partial charge >= 0.3 is 6.18 Å². The molecule has 2 aromatic heterocycles. The minimum absolute atomic E-state index is 0.0211. The van der Waals surface area contributed by atoms with Crippen LogP contribution in [-0.4, -0.2) is 25.7 Å². The molecule has 6 nitrogen and oxygen atoms in total. The van der Waals surface area contributed by atoms with Crippen molar-refractivity contribution < 1.29 is 18.0 Å². The zero-order valence-electron chi connectivity index (χ0n) is 14.0. The average molecular weight is 383 g/mol. The summed E-state index contributed by atoms with van der Waals surface area (Å²) in [7, 11) is 0. The Morgan fingerprint density at radius 1 is 1.27 bits per heavy atom. The fourth-order valence-electron chi connectivity index (χ4n) is 2.41. The van der Waals surface area contributed by atoms with Crippen LogP contribution in [0.25, 0.3) is 4.96 Å². The van der Waals surface area contributed by atoms with Crippen molar-refractivity contribution >= 4 is 27.9 Å². The molecule has 0 unspecified atom stereocenters. The molecule has 0 spiro atoms. The number of aryl methyl sites for hydroxylation is 1. The van der Waals surface area contributed by atoms with Crippen LogP contribution in [0.5, 0.6) is 0 Å². The molecule has 0 saturated carbocycles. The molecule has 0 radical (unpaired) electrons. The van der Waals surface area contributed by atoms with Gasteiger partial charge in [-0.25, -0.2) is 0 Å². The van der Waals surface area contributed by atoms with Crippen LogP contribution in [0.4, 0.5) is 18.9 Å². The van der Waals surface area contributed by atoms with Gasteiger partial charge < -0.3 is 5.32 Å². The molecule has 0 saturated heterocycles. The molecule has 0 aliphatic carbocycles. The van der Waals surface area contributed by atoms with Gasteiger partial charge in [-0.15, -0.1) is 10.2 Å². The van der Waals surface area contributed by atoms with Crippen LogP contribution in [0.3, 0.4) is 0 Å². The molecule has 1 N–H and O–H groups in total. The number of rotatable bonds is 5. The van der Waals surface area contributed by atoms with E-state index in [0.717, 1.165) is 11.9 Å². The molecule has 0 bridgehead atoms. The summed E-state index contributed by atoms with van der Waals surface area (Å²) in [5.41, 5.74) is -1.11. The molecular formula is C16H16F3N5OS. The highest BCUT2D eigenvalue weighted by Crippen LogP contribution is 2.34. The Hall–Kier alpha value is -2.49. The molecule has 3 aromatic rings. The zero-order valence-corrected chi connectivity index (χ0v) is 14.9. The smallest absolute Gasteiger partial charge is 0.325 e. The standard InChI is InChI=1S/C16H16F3N5OS/c1-9(2)14-21-22-15-24(14)23-13(26-15)8-7-12(25)20-11-6-4-3-5-10(11)16(17,18)19/h3-6,9H,7-8H2,1-2H3,(H,20,25). The second-order valence-corrected chi connectivity index (χ2v) is 7.04. The first-order valence-corrected chi connectivity index (χ1v) is 8.74. The molecule has 10 heteroatoms. The van der Waals surface area contributed by atoms with E-state index in [-0.39, 0.29) is 18.0 Å². The molecule has 2 heterocycles. The van der Waals surface area contributed by atoms with E-state index in [4.69, 9.17) is 0 Å². The van der Waals surface area contributed by atoms with Gasteiger partial charge in [0.1, 0.15) is 5.01 Å². The Morgan fingerprint density at radius 3 is 2.69 bits per heavy atom. The quantitative estimate of drug-likeness (QED) is 0.725. The van der Waals surface area contributed by atoms with Gasteiger partial charge in [0, 0.05) is 18.8 Å². The number of nitrogens with zero attached hydrogens (tertiary/aromatic N) is 4. The summed E-state index contributed by atoms with van der Waals surface area (Å²) in [5, 5.41) is 15.5. The van der Waals surface area contributed by atoms with Crippen molar-refractivity contribution in [1.82, 2.24) is 19.8 Å². The van der Waals surface area contributed by atoms with Gasteiger partial charge in [-0.3, -0.25) is 4.79 Å². The molecule has 0 aliphatic rings. The van der Waals surface area contributed by atoms with Crippen molar-refractivity contribution in [2.45, 2.75) is 38.8 Å².